The minimum atomic E-state index is -1.25. The van der Waals surface area contributed by atoms with Gasteiger partial charge in [0.1, 0.15) is 10.3 Å². The fourth-order valence-electron chi connectivity index (χ4n) is 1.58. The van der Waals surface area contributed by atoms with Gasteiger partial charge < -0.3 is 10.4 Å². The van der Waals surface area contributed by atoms with Gasteiger partial charge in [0.15, 0.2) is 0 Å². The highest BCUT2D eigenvalue weighted by Gasteiger charge is 2.18. The number of benzene rings is 1. The standard InChI is InChI=1S/C13H7BrCl2N2O3/c14-10-3-1-2-9(17-10)12(19)18-11-7(13(20)21)4-6(15)5-8(11)16/h1-5H,(H,18,19)(H,20,21). The molecule has 0 atom stereocenters. The van der Waals surface area contributed by atoms with E-state index in [0.717, 1.165) is 0 Å². The van der Waals surface area contributed by atoms with Crippen molar-refractivity contribution in [2.24, 2.45) is 0 Å². The number of carbonyl (C=O) groups excluding carboxylic acids is 1. The fourth-order valence-corrected chi connectivity index (χ4v) is 2.47. The zero-order valence-electron chi connectivity index (χ0n) is 10.2. The van der Waals surface area contributed by atoms with Gasteiger partial charge >= 0.3 is 5.97 Å². The van der Waals surface area contributed by atoms with Crippen LogP contribution in [0.25, 0.3) is 0 Å². The predicted molar refractivity (Wildman–Crippen MR) is 83.3 cm³/mol. The number of hydrogen-bond acceptors (Lipinski definition) is 3. The van der Waals surface area contributed by atoms with Crippen LogP contribution >= 0.6 is 39.1 Å². The van der Waals surface area contributed by atoms with E-state index in [2.05, 4.69) is 26.2 Å². The zero-order chi connectivity index (χ0) is 15.6. The van der Waals surface area contributed by atoms with Crippen molar-refractivity contribution in [3.63, 3.8) is 0 Å². The molecular formula is C13H7BrCl2N2O3. The third kappa shape index (κ3) is 3.72. The van der Waals surface area contributed by atoms with E-state index < -0.39 is 11.9 Å². The monoisotopic (exact) mass is 388 g/mol. The van der Waals surface area contributed by atoms with E-state index in [9.17, 15) is 9.59 Å². The third-order valence-electron chi connectivity index (χ3n) is 2.47. The maximum Gasteiger partial charge on any atom is 0.337 e. The SMILES string of the molecule is O=C(Nc1c(Cl)cc(Cl)cc1C(=O)O)c1cccc(Br)n1. The van der Waals surface area contributed by atoms with Gasteiger partial charge in [-0.1, -0.05) is 29.3 Å². The number of nitrogens with one attached hydrogen (secondary N) is 1. The average molecular weight is 390 g/mol. The number of amides is 1. The Labute approximate surface area is 138 Å². The predicted octanol–water partition coefficient (Wildman–Crippen LogP) is 4.10. The normalized spacial score (nSPS) is 10.2. The fraction of sp³-hybridized carbons (Fsp3) is 0. The number of carbonyl (C=O) groups is 2. The Morgan fingerprint density at radius 3 is 2.57 bits per heavy atom. The molecule has 8 heteroatoms. The minimum Gasteiger partial charge on any atom is -0.478 e. The van der Waals surface area contributed by atoms with E-state index in [1.165, 1.54) is 18.2 Å². The molecule has 21 heavy (non-hydrogen) atoms. The van der Waals surface area contributed by atoms with Crippen LogP contribution in [0.3, 0.4) is 0 Å². The number of aromatic nitrogens is 1. The topological polar surface area (TPSA) is 79.3 Å². The summed E-state index contributed by atoms with van der Waals surface area (Å²) in [6.07, 6.45) is 0. The van der Waals surface area contributed by atoms with Crippen LogP contribution in [0.2, 0.25) is 10.0 Å². The summed E-state index contributed by atoms with van der Waals surface area (Å²) in [5.74, 6) is -1.83. The lowest BCUT2D eigenvalue weighted by molar-refractivity contribution is 0.0698. The number of aromatic carboxylic acids is 1. The maximum absolute atomic E-state index is 12.1. The summed E-state index contributed by atoms with van der Waals surface area (Å²) in [5, 5.41) is 11.8. The highest BCUT2D eigenvalue weighted by atomic mass is 79.9. The molecular weight excluding hydrogens is 383 g/mol. The van der Waals surface area contributed by atoms with E-state index in [1.807, 2.05) is 0 Å². The lowest BCUT2D eigenvalue weighted by Crippen LogP contribution is -2.16. The first-order valence-corrected chi connectivity index (χ1v) is 7.09. The molecule has 1 aromatic heterocycles. The number of carboxylic acid groups (broad SMARTS) is 1. The molecule has 0 spiro atoms. The Kier molecular flexibility index (Phi) is 4.82. The molecule has 0 saturated carbocycles. The number of rotatable bonds is 3. The summed E-state index contributed by atoms with van der Waals surface area (Å²) < 4.78 is 0.482. The molecule has 0 aliphatic heterocycles. The number of pyridine rings is 1. The van der Waals surface area contributed by atoms with Crippen LogP contribution in [0.5, 0.6) is 0 Å². The molecule has 108 valence electrons. The van der Waals surface area contributed by atoms with Crippen LogP contribution in [0.15, 0.2) is 34.9 Å². The van der Waals surface area contributed by atoms with Gasteiger partial charge in [-0.3, -0.25) is 4.79 Å². The number of hydrogen-bond donors (Lipinski definition) is 2. The Bertz CT molecular complexity index is 737. The van der Waals surface area contributed by atoms with Gasteiger partial charge in [0.25, 0.3) is 5.91 Å². The Morgan fingerprint density at radius 2 is 1.95 bits per heavy atom. The van der Waals surface area contributed by atoms with Gasteiger partial charge in [-0.2, -0.15) is 0 Å². The molecule has 2 rings (SSSR count). The molecule has 0 saturated heterocycles. The van der Waals surface area contributed by atoms with Gasteiger partial charge in [-0.05, 0) is 40.2 Å². The Morgan fingerprint density at radius 1 is 1.24 bits per heavy atom. The van der Waals surface area contributed by atoms with Crippen LogP contribution < -0.4 is 5.32 Å². The average Bonchev–Trinajstić information content (AvgIpc) is 2.41. The van der Waals surface area contributed by atoms with Gasteiger partial charge in [-0.25, -0.2) is 9.78 Å². The largest absolute Gasteiger partial charge is 0.478 e. The lowest BCUT2D eigenvalue weighted by atomic mass is 10.1. The second-order valence-electron chi connectivity index (χ2n) is 3.92. The first-order chi connectivity index (χ1) is 9.88. The molecule has 2 aromatic rings. The minimum absolute atomic E-state index is 0.0275. The van der Waals surface area contributed by atoms with Crippen molar-refractivity contribution in [1.29, 1.82) is 0 Å². The molecule has 0 bridgehead atoms. The number of halogens is 3. The second kappa shape index (κ2) is 6.43. The maximum atomic E-state index is 12.1. The zero-order valence-corrected chi connectivity index (χ0v) is 13.3. The van der Waals surface area contributed by atoms with E-state index >= 15 is 0 Å². The van der Waals surface area contributed by atoms with Crippen LogP contribution in [-0.2, 0) is 0 Å². The van der Waals surface area contributed by atoms with Crippen molar-refractivity contribution in [2.45, 2.75) is 0 Å². The van der Waals surface area contributed by atoms with Gasteiger partial charge in [-0.15, -0.1) is 0 Å². The smallest absolute Gasteiger partial charge is 0.337 e. The summed E-state index contributed by atoms with van der Waals surface area (Å²) in [7, 11) is 0. The summed E-state index contributed by atoms with van der Waals surface area (Å²) in [4.78, 5) is 27.3. The van der Waals surface area contributed by atoms with Gasteiger partial charge in [0.2, 0.25) is 0 Å². The van der Waals surface area contributed by atoms with E-state index in [0.29, 0.717) is 4.60 Å². The first-order valence-electron chi connectivity index (χ1n) is 5.54. The van der Waals surface area contributed by atoms with E-state index in [4.69, 9.17) is 28.3 Å². The highest BCUT2D eigenvalue weighted by molar-refractivity contribution is 9.10. The van der Waals surface area contributed by atoms with E-state index in [1.54, 1.807) is 12.1 Å². The third-order valence-corrected chi connectivity index (χ3v) is 3.43. The molecule has 1 amide bonds. The van der Waals surface area contributed by atoms with Crippen molar-refractivity contribution < 1.29 is 14.7 Å². The van der Waals surface area contributed by atoms with Crippen molar-refractivity contribution in [2.75, 3.05) is 5.32 Å². The first kappa shape index (κ1) is 15.8. The van der Waals surface area contributed by atoms with Crippen molar-refractivity contribution in [3.8, 4) is 0 Å². The van der Waals surface area contributed by atoms with Crippen LogP contribution in [0.1, 0.15) is 20.8 Å². The van der Waals surface area contributed by atoms with Crippen LogP contribution in [0, 0.1) is 0 Å². The molecule has 0 fully saturated rings. The summed E-state index contributed by atoms with van der Waals surface area (Å²) in [6, 6.07) is 7.34. The molecule has 0 radical (unpaired) electrons. The highest BCUT2D eigenvalue weighted by Crippen LogP contribution is 2.30. The summed E-state index contributed by atoms with van der Waals surface area (Å²) in [6.45, 7) is 0. The quantitative estimate of drug-likeness (QED) is 0.774. The lowest BCUT2D eigenvalue weighted by Gasteiger charge is -2.11. The van der Waals surface area contributed by atoms with Crippen molar-refractivity contribution in [1.82, 2.24) is 4.98 Å². The molecule has 5 nitrogen and oxygen atoms in total. The Hall–Kier alpha value is -1.63. The van der Waals surface area contributed by atoms with Crippen molar-refractivity contribution in [3.05, 3.63) is 56.2 Å². The Balaban J connectivity index is 2.39. The molecule has 2 N–H and O–H groups in total. The van der Waals surface area contributed by atoms with Gasteiger partial charge in [0.05, 0.1) is 16.3 Å². The van der Waals surface area contributed by atoms with Crippen LogP contribution in [0.4, 0.5) is 5.69 Å². The number of nitrogens with zero attached hydrogens (tertiary/aromatic N) is 1. The molecule has 1 aromatic carbocycles. The van der Waals surface area contributed by atoms with Crippen LogP contribution in [-0.4, -0.2) is 22.0 Å². The second-order valence-corrected chi connectivity index (χ2v) is 5.57. The van der Waals surface area contributed by atoms with Gasteiger partial charge in [0, 0.05) is 5.02 Å². The summed E-state index contributed by atoms with van der Waals surface area (Å²) >= 11 is 14.9. The van der Waals surface area contributed by atoms with E-state index in [-0.39, 0.29) is 27.0 Å². The number of carboxylic acids is 1. The molecule has 0 aliphatic carbocycles. The number of anilines is 1. The van der Waals surface area contributed by atoms with Crippen molar-refractivity contribution >= 4 is 56.7 Å². The molecule has 0 aliphatic rings. The summed E-state index contributed by atoms with van der Waals surface area (Å²) in [5.41, 5.74) is -0.108. The molecule has 0 unspecified atom stereocenters. The molecule has 1 heterocycles.